The summed E-state index contributed by atoms with van der Waals surface area (Å²) in [5, 5.41) is 0. The van der Waals surface area contributed by atoms with E-state index in [-0.39, 0.29) is 11.7 Å². The molecule has 10 heavy (non-hydrogen) atoms. The molecule has 0 aromatic rings. The number of Topliss-reactive ketones (excluding diaryl/α,β-unsaturated/α-hetero) is 1. The van der Waals surface area contributed by atoms with Gasteiger partial charge in [-0.05, 0) is 6.42 Å². The Morgan fingerprint density at radius 3 is 2.60 bits per heavy atom. The maximum Gasteiger partial charge on any atom is 0.179 e. The molecule has 0 amide bonds. The van der Waals surface area contributed by atoms with E-state index in [0.717, 1.165) is 12.8 Å². The molecule has 1 rings (SSSR count). The highest BCUT2D eigenvalue weighted by atomic mass is 35.5. The van der Waals surface area contributed by atoms with E-state index in [9.17, 15) is 4.79 Å². The van der Waals surface area contributed by atoms with Crippen molar-refractivity contribution in [2.75, 3.05) is 0 Å². The molecule has 1 nitrogen and oxygen atoms in total. The number of carbonyl (C=O) groups is 1. The molecule has 58 valence electrons. The minimum atomic E-state index is -1.05. The van der Waals surface area contributed by atoms with Crippen molar-refractivity contribution in [3.63, 3.8) is 0 Å². The van der Waals surface area contributed by atoms with Crippen LogP contribution in [0.15, 0.2) is 0 Å². The number of ketones is 1. The van der Waals surface area contributed by atoms with Crippen LogP contribution in [0.2, 0.25) is 0 Å². The van der Waals surface area contributed by atoms with Gasteiger partial charge in [-0.15, -0.1) is 0 Å². The number of hydrogen-bond acceptors (Lipinski definition) is 1. The average molecular weight is 181 g/mol. The molecule has 0 N–H and O–H groups in total. The first-order valence-electron chi connectivity index (χ1n) is 3.50. The number of rotatable bonds is 2. The van der Waals surface area contributed by atoms with Crippen LogP contribution in [0.4, 0.5) is 0 Å². The lowest BCUT2D eigenvalue weighted by molar-refractivity contribution is -0.128. The van der Waals surface area contributed by atoms with Gasteiger partial charge in [0.1, 0.15) is 0 Å². The van der Waals surface area contributed by atoms with Gasteiger partial charge in [0.2, 0.25) is 0 Å². The van der Waals surface area contributed by atoms with Crippen molar-refractivity contribution in [2.24, 2.45) is 5.92 Å². The van der Waals surface area contributed by atoms with Gasteiger partial charge < -0.3 is 0 Å². The maximum absolute atomic E-state index is 10.8. The van der Waals surface area contributed by atoms with Gasteiger partial charge in [-0.2, -0.15) is 0 Å². The standard InChI is InChI=1S/C7H10Cl2O/c1-2-3-5-4-6(10)7(5,8)9/h5H,2-4H2,1H3/t5-/m0/s1. The van der Waals surface area contributed by atoms with Gasteiger partial charge in [0.25, 0.3) is 0 Å². The SMILES string of the molecule is CCC[C@H]1CC(=O)C1(Cl)Cl. The molecule has 1 aliphatic carbocycles. The third kappa shape index (κ3) is 1.17. The molecule has 0 radical (unpaired) electrons. The van der Waals surface area contributed by atoms with Crippen LogP contribution in [0.1, 0.15) is 26.2 Å². The summed E-state index contributed by atoms with van der Waals surface area (Å²) in [6.07, 6.45) is 2.57. The minimum Gasteiger partial charge on any atom is -0.296 e. The molecule has 0 unspecified atom stereocenters. The molecule has 1 aliphatic rings. The Bertz CT molecular complexity index is 154. The number of halogens is 2. The molecule has 3 heteroatoms. The molecule has 0 heterocycles. The summed E-state index contributed by atoms with van der Waals surface area (Å²) >= 11 is 11.4. The fraction of sp³-hybridized carbons (Fsp3) is 0.857. The van der Waals surface area contributed by atoms with E-state index in [0.29, 0.717) is 6.42 Å². The number of hydrogen-bond donors (Lipinski definition) is 0. The van der Waals surface area contributed by atoms with Crippen LogP contribution >= 0.6 is 23.2 Å². The van der Waals surface area contributed by atoms with E-state index < -0.39 is 4.33 Å². The second-order valence-electron chi connectivity index (χ2n) is 2.74. The Kier molecular flexibility index (Phi) is 2.26. The van der Waals surface area contributed by atoms with Crippen molar-refractivity contribution >= 4 is 29.0 Å². The summed E-state index contributed by atoms with van der Waals surface area (Å²) in [4.78, 5) is 10.8. The summed E-state index contributed by atoms with van der Waals surface area (Å²) in [6, 6.07) is 0. The Balaban J connectivity index is 2.46. The molecule has 0 spiro atoms. The smallest absolute Gasteiger partial charge is 0.179 e. The van der Waals surface area contributed by atoms with Gasteiger partial charge in [-0.1, -0.05) is 36.5 Å². The summed E-state index contributed by atoms with van der Waals surface area (Å²) in [7, 11) is 0. The quantitative estimate of drug-likeness (QED) is 0.598. The van der Waals surface area contributed by atoms with Crippen molar-refractivity contribution in [3.05, 3.63) is 0 Å². The van der Waals surface area contributed by atoms with Gasteiger partial charge in [-0.3, -0.25) is 4.79 Å². The fourth-order valence-electron chi connectivity index (χ4n) is 1.22. The van der Waals surface area contributed by atoms with Crippen LogP contribution in [0, 0.1) is 5.92 Å². The van der Waals surface area contributed by atoms with Crippen LogP contribution in [0.5, 0.6) is 0 Å². The molecular formula is C7H10Cl2O. The molecule has 0 aromatic carbocycles. The molecule has 1 saturated carbocycles. The van der Waals surface area contributed by atoms with Gasteiger partial charge >= 0.3 is 0 Å². The predicted molar refractivity (Wildman–Crippen MR) is 42.5 cm³/mol. The first-order valence-corrected chi connectivity index (χ1v) is 4.25. The average Bonchev–Trinajstić information content (AvgIpc) is 1.88. The lowest BCUT2D eigenvalue weighted by atomic mass is 9.80. The van der Waals surface area contributed by atoms with Gasteiger partial charge in [0.05, 0.1) is 0 Å². The van der Waals surface area contributed by atoms with Gasteiger partial charge in [0, 0.05) is 12.3 Å². The van der Waals surface area contributed by atoms with E-state index in [1.54, 1.807) is 0 Å². The monoisotopic (exact) mass is 180 g/mol. The molecule has 0 bridgehead atoms. The molecule has 0 aromatic heterocycles. The van der Waals surface area contributed by atoms with Gasteiger partial charge in [-0.25, -0.2) is 0 Å². The Hall–Kier alpha value is 0.250. The fourth-order valence-corrected chi connectivity index (χ4v) is 1.74. The van der Waals surface area contributed by atoms with Crippen LogP contribution < -0.4 is 0 Å². The Morgan fingerprint density at radius 1 is 1.70 bits per heavy atom. The van der Waals surface area contributed by atoms with E-state index in [1.807, 2.05) is 0 Å². The lowest BCUT2D eigenvalue weighted by Gasteiger charge is -2.37. The second-order valence-corrected chi connectivity index (χ2v) is 4.12. The number of alkyl halides is 2. The summed E-state index contributed by atoms with van der Waals surface area (Å²) < 4.78 is -1.05. The molecule has 1 atom stereocenters. The lowest BCUT2D eigenvalue weighted by Crippen LogP contribution is -2.47. The molecule has 0 aliphatic heterocycles. The first kappa shape index (κ1) is 8.35. The van der Waals surface area contributed by atoms with Crippen molar-refractivity contribution < 1.29 is 4.79 Å². The zero-order valence-corrected chi connectivity index (χ0v) is 7.37. The van der Waals surface area contributed by atoms with Crippen molar-refractivity contribution in [1.29, 1.82) is 0 Å². The highest BCUT2D eigenvalue weighted by Crippen LogP contribution is 2.46. The first-order chi connectivity index (χ1) is 4.59. The van der Waals surface area contributed by atoms with E-state index >= 15 is 0 Å². The van der Waals surface area contributed by atoms with E-state index in [4.69, 9.17) is 23.2 Å². The summed E-state index contributed by atoms with van der Waals surface area (Å²) in [5.74, 6) is 0.183. The largest absolute Gasteiger partial charge is 0.296 e. The van der Waals surface area contributed by atoms with Crippen molar-refractivity contribution in [2.45, 2.75) is 30.5 Å². The summed E-state index contributed by atoms with van der Waals surface area (Å²) in [5.41, 5.74) is 0. The van der Waals surface area contributed by atoms with E-state index in [1.165, 1.54) is 0 Å². The highest BCUT2D eigenvalue weighted by Gasteiger charge is 2.51. The third-order valence-corrected chi connectivity index (χ3v) is 2.99. The van der Waals surface area contributed by atoms with Crippen molar-refractivity contribution in [3.8, 4) is 0 Å². The molecule has 0 saturated heterocycles. The zero-order valence-electron chi connectivity index (χ0n) is 5.86. The molecule has 1 fully saturated rings. The normalized spacial score (nSPS) is 29.9. The third-order valence-electron chi connectivity index (χ3n) is 1.95. The Labute approximate surface area is 70.7 Å². The van der Waals surface area contributed by atoms with Crippen molar-refractivity contribution in [1.82, 2.24) is 0 Å². The second kappa shape index (κ2) is 2.71. The number of carbonyl (C=O) groups excluding carboxylic acids is 1. The van der Waals surface area contributed by atoms with Crippen LogP contribution in [-0.2, 0) is 4.79 Å². The molecular weight excluding hydrogens is 171 g/mol. The Morgan fingerprint density at radius 2 is 2.30 bits per heavy atom. The topological polar surface area (TPSA) is 17.1 Å². The minimum absolute atomic E-state index is 0.0192. The van der Waals surface area contributed by atoms with Crippen LogP contribution in [-0.4, -0.2) is 10.1 Å². The van der Waals surface area contributed by atoms with Crippen LogP contribution in [0.25, 0.3) is 0 Å². The summed E-state index contributed by atoms with van der Waals surface area (Å²) in [6.45, 7) is 2.06. The van der Waals surface area contributed by atoms with E-state index in [2.05, 4.69) is 6.92 Å². The highest BCUT2D eigenvalue weighted by molar-refractivity contribution is 6.60. The zero-order chi connectivity index (χ0) is 7.78. The van der Waals surface area contributed by atoms with Crippen LogP contribution in [0.3, 0.4) is 0 Å². The van der Waals surface area contributed by atoms with Gasteiger partial charge in [0.15, 0.2) is 10.1 Å². The maximum atomic E-state index is 10.8. The predicted octanol–water partition coefficient (Wildman–Crippen LogP) is 2.55.